The molecule has 0 saturated heterocycles. The van der Waals surface area contributed by atoms with Gasteiger partial charge < -0.3 is 15.2 Å². The number of nitrogens with two attached hydrogens (primary N) is 1. The zero-order chi connectivity index (χ0) is 16.8. The second-order valence-corrected chi connectivity index (χ2v) is 4.75. The number of rotatable bonds is 6. The van der Waals surface area contributed by atoms with Crippen LogP contribution in [0.15, 0.2) is 49.0 Å². The summed E-state index contributed by atoms with van der Waals surface area (Å²) >= 11 is 0. The molecule has 0 spiro atoms. The van der Waals surface area contributed by atoms with Crippen LogP contribution in [-0.2, 0) is 0 Å². The normalized spacial score (nSPS) is 9.83. The van der Waals surface area contributed by atoms with E-state index in [-0.39, 0.29) is 5.91 Å². The molecule has 2 rings (SSSR count). The number of carbonyl (C=O) groups excluding carboxylic acids is 1. The number of amides is 1. The SMILES string of the molecule is C=C(NNC(=O)c1ccc(OC)c(OC)c1)c1ccc(N)cc1. The molecule has 4 N–H and O–H groups in total. The van der Waals surface area contributed by atoms with Gasteiger partial charge in [-0.05, 0) is 35.9 Å². The molecule has 1 amide bonds. The van der Waals surface area contributed by atoms with Crippen molar-refractivity contribution in [1.29, 1.82) is 0 Å². The first-order chi connectivity index (χ1) is 11.0. The third-order valence-corrected chi connectivity index (χ3v) is 3.23. The van der Waals surface area contributed by atoms with Crippen LogP contribution >= 0.6 is 0 Å². The Kier molecular flexibility index (Phi) is 5.09. The van der Waals surface area contributed by atoms with Crippen LogP contribution in [0.5, 0.6) is 11.5 Å². The molecule has 2 aromatic rings. The van der Waals surface area contributed by atoms with Crippen LogP contribution in [0.25, 0.3) is 5.70 Å². The molecule has 0 atom stereocenters. The van der Waals surface area contributed by atoms with Gasteiger partial charge in [-0.3, -0.25) is 15.6 Å². The minimum Gasteiger partial charge on any atom is -0.493 e. The van der Waals surface area contributed by atoms with E-state index in [0.29, 0.717) is 28.4 Å². The highest BCUT2D eigenvalue weighted by molar-refractivity contribution is 5.95. The van der Waals surface area contributed by atoms with Gasteiger partial charge in [0, 0.05) is 11.3 Å². The first-order valence-corrected chi connectivity index (χ1v) is 6.88. The summed E-state index contributed by atoms with van der Waals surface area (Å²) in [5.74, 6) is 0.725. The maximum absolute atomic E-state index is 12.2. The fraction of sp³-hybridized carbons (Fsp3) is 0.118. The summed E-state index contributed by atoms with van der Waals surface area (Å²) in [6.07, 6.45) is 0. The van der Waals surface area contributed by atoms with Gasteiger partial charge in [0.25, 0.3) is 5.91 Å². The lowest BCUT2D eigenvalue weighted by atomic mass is 10.1. The van der Waals surface area contributed by atoms with E-state index >= 15 is 0 Å². The van der Waals surface area contributed by atoms with E-state index in [2.05, 4.69) is 17.4 Å². The Morgan fingerprint density at radius 3 is 2.17 bits per heavy atom. The average molecular weight is 313 g/mol. The molecule has 0 aliphatic carbocycles. The lowest BCUT2D eigenvalue weighted by molar-refractivity contribution is 0.0942. The maximum Gasteiger partial charge on any atom is 0.269 e. The van der Waals surface area contributed by atoms with E-state index in [1.54, 1.807) is 30.3 Å². The quantitative estimate of drug-likeness (QED) is 0.562. The van der Waals surface area contributed by atoms with Crippen molar-refractivity contribution in [3.63, 3.8) is 0 Å². The number of hydrazine groups is 1. The summed E-state index contributed by atoms with van der Waals surface area (Å²) in [5, 5.41) is 0. The molecule has 120 valence electrons. The molecule has 6 nitrogen and oxygen atoms in total. The molecule has 0 heterocycles. The van der Waals surface area contributed by atoms with Crippen LogP contribution in [0.4, 0.5) is 5.69 Å². The van der Waals surface area contributed by atoms with E-state index < -0.39 is 0 Å². The second-order valence-electron chi connectivity index (χ2n) is 4.75. The van der Waals surface area contributed by atoms with Crippen molar-refractivity contribution in [2.75, 3.05) is 20.0 Å². The van der Waals surface area contributed by atoms with Crippen molar-refractivity contribution < 1.29 is 14.3 Å². The summed E-state index contributed by atoms with van der Waals surface area (Å²) in [6, 6.07) is 12.1. The van der Waals surface area contributed by atoms with Crippen LogP contribution in [0.1, 0.15) is 15.9 Å². The third kappa shape index (κ3) is 3.94. The van der Waals surface area contributed by atoms with Crippen molar-refractivity contribution in [1.82, 2.24) is 10.9 Å². The van der Waals surface area contributed by atoms with E-state index in [4.69, 9.17) is 15.2 Å². The van der Waals surface area contributed by atoms with E-state index in [9.17, 15) is 4.79 Å². The van der Waals surface area contributed by atoms with Gasteiger partial charge in [0.1, 0.15) is 0 Å². The van der Waals surface area contributed by atoms with E-state index in [1.807, 2.05) is 12.1 Å². The number of anilines is 1. The van der Waals surface area contributed by atoms with Crippen LogP contribution in [0.2, 0.25) is 0 Å². The highest BCUT2D eigenvalue weighted by Gasteiger charge is 2.10. The van der Waals surface area contributed by atoms with Crippen LogP contribution < -0.4 is 26.1 Å². The van der Waals surface area contributed by atoms with Crippen LogP contribution in [0, 0.1) is 0 Å². The Labute approximate surface area is 134 Å². The van der Waals surface area contributed by atoms with Gasteiger partial charge in [-0.2, -0.15) is 0 Å². The molecule has 0 aromatic heterocycles. The summed E-state index contributed by atoms with van der Waals surface area (Å²) in [4.78, 5) is 12.2. The highest BCUT2D eigenvalue weighted by atomic mass is 16.5. The molecule has 0 unspecified atom stereocenters. The van der Waals surface area contributed by atoms with Crippen LogP contribution in [-0.4, -0.2) is 20.1 Å². The predicted octanol–water partition coefficient (Wildman–Crippen LogP) is 2.19. The van der Waals surface area contributed by atoms with Crippen molar-refractivity contribution in [3.8, 4) is 11.5 Å². The van der Waals surface area contributed by atoms with Gasteiger partial charge in [0.2, 0.25) is 0 Å². The molecular weight excluding hydrogens is 294 g/mol. The predicted molar refractivity (Wildman–Crippen MR) is 90.0 cm³/mol. The van der Waals surface area contributed by atoms with E-state index in [1.165, 1.54) is 14.2 Å². The zero-order valence-electron chi connectivity index (χ0n) is 13.1. The zero-order valence-corrected chi connectivity index (χ0v) is 13.1. The summed E-state index contributed by atoms with van der Waals surface area (Å²) in [6.45, 7) is 3.87. The summed E-state index contributed by atoms with van der Waals surface area (Å²) < 4.78 is 10.3. The maximum atomic E-state index is 12.2. The number of hydrogen-bond donors (Lipinski definition) is 3. The Morgan fingerprint density at radius 1 is 0.957 bits per heavy atom. The van der Waals surface area contributed by atoms with Gasteiger partial charge in [-0.1, -0.05) is 18.7 Å². The molecular formula is C17H19N3O3. The second kappa shape index (κ2) is 7.22. The van der Waals surface area contributed by atoms with Gasteiger partial charge in [0.05, 0.1) is 19.9 Å². The van der Waals surface area contributed by atoms with Gasteiger partial charge in [-0.25, -0.2) is 0 Å². The number of methoxy groups -OCH3 is 2. The van der Waals surface area contributed by atoms with Gasteiger partial charge in [-0.15, -0.1) is 0 Å². The smallest absolute Gasteiger partial charge is 0.269 e. The molecule has 0 aliphatic rings. The standard InChI is InChI=1S/C17H19N3O3/c1-11(12-4-7-14(18)8-5-12)19-20-17(21)13-6-9-15(22-2)16(10-13)23-3/h4-10,19H,1,18H2,2-3H3,(H,20,21). The largest absolute Gasteiger partial charge is 0.493 e. The Hall–Kier alpha value is -3.15. The highest BCUT2D eigenvalue weighted by Crippen LogP contribution is 2.27. The number of hydrogen-bond acceptors (Lipinski definition) is 5. The molecule has 23 heavy (non-hydrogen) atoms. The number of nitrogens with one attached hydrogen (secondary N) is 2. The van der Waals surface area contributed by atoms with Gasteiger partial charge in [0.15, 0.2) is 11.5 Å². The number of carbonyl (C=O) groups is 1. The number of ether oxygens (including phenoxy) is 2. The van der Waals surface area contributed by atoms with E-state index in [0.717, 1.165) is 5.56 Å². The Morgan fingerprint density at radius 2 is 1.57 bits per heavy atom. The molecule has 0 bridgehead atoms. The summed E-state index contributed by atoms with van der Waals surface area (Å²) in [5.41, 5.74) is 13.5. The van der Waals surface area contributed by atoms with Crippen LogP contribution in [0.3, 0.4) is 0 Å². The van der Waals surface area contributed by atoms with Crippen molar-refractivity contribution in [3.05, 3.63) is 60.2 Å². The fourth-order valence-corrected chi connectivity index (χ4v) is 1.94. The molecule has 0 fully saturated rings. The lowest BCUT2D eigenvalue weighted by Crippen LogP contribution is -2.35. The summed E-state index contributed by atoms with van der Waals surface area (Å²) in [7, 11) is 3.05. The van der Waals surface area contributed by atoms with Crippen molar-refractivity contribution >= 4 is 17.3 Å². The molecule has 0 aliphatic heterocycles. The molecule has 2 aromatic carbocycles. The first-order valence-electron chi connectivity index (χ1n) is 6.88. The topological polar surface area (TPSA) is 85.6 Å². The minimum absolute atomic E-state index is 0.317. The molecule has 0 radical (unpaired) electrons. The lowest BCUT2D eigenvalue weighted by Gasteiger charge is -2.13. The third-order valence-electron chi connectivity index (χ3n) is 3.23. The van der Waals surface area contributed by atoms with Crippen molar-refractivity contribution in [2.45, 2.75) is 0 Å². The number of benzene rings is 2. The fourth-order valence-electron chi connectivity index (χ4n) is 1.94. The van der Waals surface area contributed by atoms with Crippen molar-refractivity contribution in [2.24, 2.45) is 0 Å². The molecule has 6 heteroatoms. The minimum atomic E-state index is -0.317. The Balaban J connectivity index is 2.02. The average Bonchev–Trinajstić information content (AvgIpc) is 2.59. The first kappa shape index (κ1) is 16.2. The number of nitrogen functional groups attached to an aromatic ring is 1. The molecule has 0 saturated carbocycles. The monoisotopic (exact) mass is 313 g/mol. The van der Waals surface area contributed by atoms with Gasteiger partial charge >= 0.3 is 0 Å². The Bertz CT molecular complexity index is 712.